The van der Waals surface area contributed by atoms with Crippen LogP contribution in [0.3, 0.4) is 0 Å². The van der Waals surface area contributed by atoms with E-state index in [-0.39, 0.29) is 17.5 Å². The Balaban J connectivity index is 1.87. The number of Topliss-reactive ketones (excluding diaryl/α,β-unsaturated/α-hetero) is 2. The Kier molecular flexibility index (Phi) is 6.88. The predicted molar refractivity (Wildman–Crippen MR) is 101 cm³/mol. The maximum Gasteiger partial charge on any atom is 0.234 e. The largest absolute Gasteiger partial charge is 0.355 e. The quantitative estimate of drug-likeness (QED) is 0.532. The van der Waals surface area contributed by atoms with Gasteiger partial charge < -0.3 is 10.3 Å². The van der Waals surface area contributed by atoms with Gasteiger partial charge in [0.15, 0.2) is 11.6 Å². The van der Waals surface area contributed by atoms with Gasteiger partial charge in [-0.2, -0.15) is 0 Å². The molecule has 0 aliphatic carbocycles. The number of nitrogens with zero attached hydrogens (tertiary/aromatic N) is 2. The molecule has 2 rings (SSSR count). The Bertz CT molecular complexity index is 700. The zero-order chi connectivity index (χ0) is 19.3. The van der Waals surface area contributed by atoms with Gasteiger partial charge in [0.1, 0.15) is 0 Å². The van der Waals surface area contributed by atoms with E-state index in [1.54, 1.807) is 6.08 Å². The highest BCUT2D eigenvalue weighted by molar-refractivity contribution is 6.03. The molecule has 1 aromatic heterocycles. The predicted octanol–water partition coefficient (Wildman–Crippen LogP) is 0.937. The molecule has 1 fully saturated rings. The Morgan fingerprint density at radius 3 is 2.19 bits per heavy atom. The van der Waals surface area contributed by atoms with Crippen molar-refractivity contribution < 1.29 is 14.4 Å². The minimum absolute atomic E-state index is 0.00437. The van der Waals surface area contributed by atoms with Crippen molar-refractivity contribution in [3.05, 3.63) is 35.2 Å². The summed E-state index contributed by atoms with van der Waals surface area (Å²) in [6.07, 6.45) is 1.66. The number of piperazine rings is 1. The number of carbonyl (C=O) groups excluding carboxylic acids is 3. The number of amides is 1. The zero-order valence-corrected chi connectivity index (χ0v) is 15.9. The first kappa shape index (κ1) is 20.1. The third kappa shape index (κ3) is 4.89. The number of aromatic nitrogens is 1. The van der Waals surface area contributed by atoms with Crippen LogP contribution >= 0.6 is 0 Å². The normalized spacial score (nSPS) is 15.7. The molecule has 7 heteroatoms. The molecule has 1 aliphatic heterocycles. The van der Waals surface area contributed by atoms with Crippen molar-refractivity contribution in [1.82, 2.24) is 20.1 Å². The van der Waals surface area contributed by atoms with Gasteiger partial charge in [-0.3, -0.25) is 24.2 Å². The van der Waals surface area contributed by atoms with Crippen molar-refractivity contribution in [2.45, 2.75) is 20.8 Å². The van der Waals surface area contributed by atoms with E-state index in [4.69, 9.17) is 0 Å². The second-order valence-corrected chi connectivity index (χ2v) is 6.75. The highest BCUT2D eigenvalue weighted by atomic mass is 16.2. The summed E-state index contributed by atoms with van der Waals surface area (Å²) >= 11 is 0. The maximum atomic E-state index is 12.6. The molecule has 1 saturated heterocycles. The van der Waals surface area contributed by atoms with E-state index in [1.807, 2.05) is 13.8 Å². The maximum absolute atomic E-state index is 12.6. The topological polar surface area (TPSA) is 85.5 Å². The smallest absolute Gasteiger partial charge is 0.234 e. The molecule has 2 heterocycles. The van der Waals surface area contributed by atoms with Crippen LogP contribution in [0.1, 0.15) is 39.0 Å². The third-order valence-electron chi connectivity index (χ3n) is 4.71. The van der Waals surface area contributed by atoms with Crippen LogP contribution in [0.2, 0.25) is 0 Å². The number of aromatic amines is 1. The summed E-state index contributed by atoms with van der Waals surface area (Å²) in [5.41, 5.74) is 2.62. The number of ketones is 2. The highest BCUT2D eigenvalue weighted by Crippen LogP contribution is 2.19. The molecule has 0 saturated carbocycles. The lowest BCUT2D eigenvalue weighted by Gasteiger charge is -2.33. The fraction of sp³-hybridized carbons (Fsp3) is 0.526. The van der Waals surface area contributed by atoms with Gasteiger partial charge in [-0.15, -0.1) is 6.58 Å². The van der Waals surface area contributed by atoms with Crippen molar-refractivity contribution in [3.63, 3.8) is 0 Å². The molecule has 0 unspecified atom stereocenters. The summed E-state index contributed by atoms with van der Waals surface area (Å²) in [7, 11) is 0. The lowest BCUT2D eigenvalue weighted by Crippen LogP contribution is -2.50. The minimum Gasteiger partial charge on any atom is -0.355 e. The van der Waals surface area contributed by atoms with Gasteiger partial charge in [-0.1, -0.05) is 6.08 Å². The molecule has 0 radical (unpaired) electrons. The van der Waals surface area contributed by atoms with E-state index in [2.05, 4.69) is 26.7 Å². The Labute approximate surface area is 154 Å². The van der Waals surface area contributed by atoms with Gasteiger partial charge in [0.05, 0.1) is 18.8 Å². The average Bonchev–Trinajstić information content (AvgIpc) is 2.89. The van der Waals surface area contributed by atoms with Crippen molar-refractivity contribution in [2.24, 2.45) is 0 Å². The monoisotopic (exact) mass is 360 g/mol. The van der Waals surface area contributed by atoms with Crippen molar-refractivity contribution in [3.8, 4) is 0 Å². The van der Waals surface area contributed by atoms with E-state index in [0.29, 0.717) is 30.9 Å². The molecule has 7 nitrogen and oxygen atoms in total. The summed E-state index contributed by atoms with van der Waals surface area (Å²) in [6, 6.07) is 0. The summed E-state index contributed by atoms with van der Waals surface area (Å²) < 4.78 is 0. The Hall–Kier alpha value is -2.25. The molecule has 0 spiro atoms. The van der Waals surface area contributed by atoms with E-state index in [9.17, 15) is 14.4 Å². The fourth-order valence-electron chi connectivity index (χ4n) is 3.39. The fourth-order valence-corrected chi connectivity index (χ4v) is 3.39. The lowest BCUT2D eigenvalue weighted by atomic mass is 10.1. The summed E-state index contributed by atoms with van der Waals surface area (Å²) in [6.45, 7) is 12.8. The summed E-state index contributed by atoms with van der Waals surface area (Å²) in [5.74, 6) is -0.0439. The first-order chi connectivity index (χ1) is 12.3. The number of rotatable bonds is 8. The minimum atomic E-state index is -0.0290. The van der Waals surface area contributed by atoms with Crippen molar-refractivity contribution in [2.75, 3.05) is 45.8 Å². The van der Waals surface area contributed by atoms with Crippen LogP contribution < -0.4 is 5.32 Å². The van der Waals surface area contributed by atoms with Crippen LogP contribution in [-0.2, 0) is 4.79 Å². The number of aryl methyl sites for hydroxylation is 1. The molecule has 0 aromatic carbocycles. The van der Waals surface area contributed by atoms with Crippen molar-refractivity contribution >= 4 is 17.5 Å². The number of carbonyl (C=O) groups is 3. The average molecular weight is 360 g/mol. The van der Waals surface area contributed by atoms with Crippen LogP contribution in [0.15, 0.2) is 12.7 Å². The molecule has 26 heavy (non-hydrogen) atoms. The molecule has 142 valence electrons. The molecule has 1 aliphatic rings. The Morgan fingerprint density at radius 2 is 1.69 bits per heavy atom. The Morgan fingerprint density at radius 1 is 1.12 bits per heavy atom. The molecule has 1 amide bonds. The summed E-state index contributed by atoms with van der Waals surface area (Å²) in [5, 5.41) is 2.77. The van der Waals surface area contributed by atoms with Gasteiger partial charge in [-0.05, 0) is 26.3 Å². The SMILES string of the molecule is C=CCNC(=O)CN1CCN(CC(=O)c2[nH]c(C)c(C(C)=O)c2C)CC1. The first-order valence-electron chi connectivity index (χ1n) is 8.89. The molecular weight excluding hydrogens is 332 g/mol. The summed E-state index contributed by atoms with van der Waals surface area (Å²) in [4.78, 5) is 43.3. The standard InChI is InChI=1S/C19H28N4O3/c1-5-6-20-17(26)12-23-9-7-22(8-10-23)11-16(25)19-13(2)18(15(4)24)14(3)21-19/h5,21H,1,6-12H2,2-4H3,(H,20,26). The first-order valence-corrected chi connectivity index (χ1v) is 8.89. The van der Waals surface area contributed by atoms with Gasteiger partial charge in [0.2, 0.25) is 5.91 Å². The van der Waals surface area contributed by atoms with Gasteiger partial charge >= 0.3 is 0 Å². The molecule has 2 N–H and O–H groups in total. The third-order valence-corrected chi connectivity index (χ3v) is 4.71. The van der Waals surface area contributed by atoms with Gasteiger partial charge in [0, 0.05) is 44.0 Å². The van der Waals surface area contributed by atoms with Crippen LogP contribution in [0.4, 0.5) is 0 Å². The number of H-pyrrole nitrogens is 1. The number of nitrogens with one attached hydrogen (secondary N) is 2. The van der Waals surface area contributed by atoms with Crippen LogP contribution in [0.25, 0.3) is 0 Å². The lowest BCUT2D eigenvalue weighted by molar-refractivity contribution is -0.122. The molecule has 0 bridgehead atoms. The number of hydrogen-bond donors (Lipinski definition) is 2. The molecule has 1 aromatic rings. The van der Waals surface area contributed by atoms with E-state index in [0.717, 1.165) is 37.4 Å². The highest BCUT2D eigenvalue weighted by Gasteiger charge is 2.24. The molecule has 0 atom stereocenters. The number of hydrogen-bond acceptors (Lipinski definition) is 5. The molecular formula is C19H28N4O3. The second kappa shape index (κ2) is 8.91. The van der Waals surface area contributed by atoms with Crippen LogP contribution in [0, 0.1) is 13.8 Å². The van der Waals surface area contributed by atoms with Crippen molar-refractivity contribution in [1.29, 1.82) is 0 Å². The van der Waals surface area contributed by atoms with E-state index >= 15 is 0 Å². The van der Waals surface area contributed by atoms with Crippen LogP contribution in [-0.4, -0.2) is 78.1 Å². The second-order valence-electron chi connectivity index (χ2n) is 6.75. The van der Waals surface area contributed by atoms with E-state index in [1.165, 1.54) is 6.92 Å². The van der Waals surface area contributed by atoms with E-state index < -0.39 is 0 Å². The van der Waals surface area contributed by atoms with Gasteiger partial charge in [-0.25, -0.2) is 0 Å². The van der Waals surface area contributed by atoms with Crippen LogP contribution in [0.5, 0.6) is 0 Å². The van der Waals surface area contributed by atoms with Gasteiger partial charge in [0.25, 0.3) is 0 Å². The zero-order valence-electron chi connectivity index (χ0n) is 15.9.